The van der Waals surface area contributed by atoms with Crippen LogP contribution < -0.4 is 5.32 Å². The van der Waals surface area contributed by atoms with E-state index in [1.54, 1.807) is 4.31 Å². The van der Waals surface area contributed by atoms with Crippen molar-refractivity contribution < 1.29 is 17.9 Å². The lowest BCUT2D eigenvalue weighted by Gasteiger charge is -2.37. The summed E-state index contributed by atoms with van der Waals surface area (Å²) in [5.41, 5.74) is -0.228. The van der Waals surface area contributed by atoms with Gasteiger partial charge in [-0.05, 0) is 44.4 Å². The SMILES string of the molecule is O=C(NCC1CC1)[C@@H]1CN(S(=O)(=O)C2CC2)CC12CCOCC2. The highest BCUT2D eigenvalue weighted by Crippen LogP contribution is 2.47. The molecule has 23 heavy (non-hydrogen) atoms. The minimum absolute atomic E-state index is 0.0484. The predicted octanol–water partition coefficient (Wildman–Crippen LogP) is 0.733. The minimum atomic E-state index is -3.21. The van der Waals surface area contributed by atoms with Gasteiger partial charge in [-0.2, -0.15) is 0 Å². The molecule has 0 radical (unpaired) electrons. The number of ether oxygens (including phenoxy) is 1. The summed E-state index contributed by atoms with van der Waals surface area (Å²) in [4.78, 5) is 12.7. The largest absolute Gasteiger partial charge is 0.381 e. The number of carbonyl (C=O) groups is 1. The van der Waals surface area contributed by atoms with Crippen LogP contribution in [-0.2, 0) is 19.6 Å². The molecule has 4 fully saturated rings. The van der Waals surface area contributed by atoms with Crippen molar-refractivity contribution in [3.8, 4) is 0 Å². The van der Waals surface area contributed by atoms with Crippen LogP contribution in [0.15, 0.2) is 0 Å². The smallest absolute Gasteiger partial charge is 0.225 e. The maximum absolute atomic E-state index is 12.7. The zero-order valence-electron chi connectivity index (χ0n) is 13.5. The second-order valence-electron chi connectivity index (χ2n) is 7.75. The summed E-state index contributed by atoms with van der Waals surface area (Å²) >= 11 is 0. The first kappa shape index (κ1) is 15.8. The molecule has 4 rings (SSSR count). The molecule has 2 heterocycles. The van der Waals surface area contributed by atoms with Crippen LogP contribution in [-0.4, -0.2) is 56.7 Å². The monoisotopic (exact) mass is 342 g/mol. The summed E-state index contributed by atoms with van der Waals surface area (Å²) in [6.45, 7) is 2.86. The number of nitrogens with one attached hydrogen (secondary N) is 1. The van der Waals surface area contributed by atoms with Gasteiger partial charge in [0.25, 0.3) is 0 Å². The zero-order chi connectivity index (χ0) is 16.1. The standard InChI is InChI=1S/C16H26N2O4S/c19-15(17-9-12-1-2-12)14-10-18(23(20,21)13-3-4-13)11-16(14)5-7-22-8-6-16/h12-14H,1-11H2,(H,17,19)/t14-/m0/s1. The lowest BCUT2D eigenvalue weighted by atomic mass is 9.72. The molecule has 6 nitrogen and oxygen atoms in total. The van der Waals surface area contributed by atoms with E-state index in [2.05, 4.69) is 5.32 Å². The Balaban J connectivity index is 1.52. The fourth-order valence-electron chi connectivity index (χ4n) is 4.03. The number of hydrogen-bond acceptors (Lipinski definition) is 4. The third-order valence-corrected chi connectivity index (χ3v) is 8.30. The molecule has 1 spiro atoms. The van der Waals surface area contributed by atoms with Crippen molar-refractivity contribution in [2.75, 3.05) is 32.8 Å². The van der Waals surface area contributed by atoms with Crippen molar-refractivity contribution in [3.05, 3.63) is 0 Å². The molecule has 0 unspecified atom stereocenters. The van der Waals surface area contributed by atoms with E-state index in [4.69, 9.17) is 4.74 Å². The van der Waals surface area contributed by atoms with Crippen molar-refractivity contribution in [1.82, 2.24) is 9.62 Å². The Labute approximate surface area is 138 Å². The summed E-state index contributed by atoms with van der Waals surface area (Å²) in [7, 11) is -3.21. The third-order valence-electron chi connectivity index (χ3n) is 5.99. The first-order valence-corrected chi connectivity index (χ1v) is 10.4. The Morgan fingerprint density at radius 2 is 1.87 bits per heavy atom. The Morgan fingerprint density at radius 1 is 1.17 bits per heavy atom. The maximum atomic E-state index is 12.7. The van der Waals surface area contributed by atoms with Gasteiger partial charge in [-0.15, -0.1) is 0 Å². The molecule has 1 atom stereocenters. The second-order valence-corrected chi connectivity index (χ2v) is 9.97. The van der Waals surface area contributed by atoms with Crippen molar-refractivity contribution in [1.29, 1.82) is 0 Å². The van der Waals surface area contributed by atoms with Crippen molar-refractivity contribution in [2.24, 2.45) is 17.3 Å². The molecule has 130 valence electrons. The Bertz CT molecular complexity index is 577. The Morgan fingerprint density at radius 3 is 2.48 bits per heavy atom. The fraction of sp³-hybridized carbons (Fsp3) is 0.938. The van der Waals surface area contributed by atoms with Crippen molar-refractivity contribution >= 4 is 15.9 Å². The number of hydrogen-bond donors (Lipinski definition) is 1. The normalized spacial score (nSPS) is 31.4. The summed E-state index contributed by atoms with van der Waals surface area (Å²) in [6.07, 6.45) is 5.51. The molecule has 0 bridgehead atoms. The molecule has 4 aliphatic rings. The molecule has 1 amide bonds. The van der Waals surface area contributed by atoms with Gasteiger partial charge in [0, 0.05) is 38.3 Å². The molecule has 1 N–H and O–H groups in total. The molecular formula is C16H26N2O4S. The lowest BCUT2D eigenvalue weighted by molar-refractivity contribution is -0.129. The lowest BCUT2D eigenvalue weighted by Crippen LogP contribution is -2.44. The van der Waals surface area contributed by atoms with Gasteiger partial charge in [-0.1, -0.05) is 0 Å². The number of rotatable bonds is 5. The molecule has 2 aliphatic carbocycles. The highest BCUT2D eigenvalue weighted by molar-refractivity contribution is 7.90. The van der Waals surface area contributed by atoms with Crippen LogP contribution in [0, 0.1) is 17.3 Å². The van der Waals surface area contributed by atoms with E-state index in [0.29, 0.717) is 32.2 Å². The van der Waals surface area contributed by atoms with E-state index in [1.807, 2.05) is 0 Å². The molecule has 2 saturated carbocycles. The molecule has 0 aromatic rings. The van der Waals surface area contributed by atoms with Crippen LogP contribution in [0.5, 0.6) is 0 Å². The van der Waals surface area contributed by atoms with Crippen LogP contribution >= 0.6 is 0 Å². The number of amides is 1. The van der Waals surface area contributed by atoms with Crippen LogP contribution in [0.25, 0.3) is 0 Å². The van der Waals surface area contributed by atoms with Gasteiger partial charge in [-0.3, -0.25) is 4.79 Å². The molecular weight excluding hydrogens is 316 g/mol. The van der Waals surface area contributed by atoms with Gasteiger partial charge >= 0.3 is 0 Å². The van der Waals surface area contributed by atoms with Gasteiger partial charge < -0.3 is 10.1 Å². The van der Waals surface area contributed by atoms with E-state index >= 15 is 0 Å². The molecule has 2 saturated heterocycles. The van der Waals surface area contributed by atoms with Crippen LogP contribution in [0.1, 0.15) is 38.5 Å². The van der Waals surface area contributed by atoms with Gasteiger partial charge in [0.05, 0.1) is 11.2 Å². The first-order valence-electron chi connectivity index (χ1n) is 8.86. The molecule has 0 aromatic carbocycles. The summed E-state index contributed by atoms with van der Waals surface area (Å²) in [6, 6.07) is 0. The quantitative estimate of drug-likeness (QED) is 0.799. The van der Waals surface area contributed by atoms with Crippen molar-refractivity contribution in [3.63, 3.8) is 0 Å². The topological polar surface area (TPSA) is 75.7 Å². The van der Waals surface area contributed by atoms with E-state index in [1.165, 1.54) is 12.8 Å². The van der Waals surface area contributed by atoms with Crippen LogP contribution in [0.4, 0.5) is 0 Å². The minimum Gasteiger partial charge on any atom is -0.381 e. The predicted molar refractivity (Wildman–Crippen MR) is 85.2 cm³/mol. The average Bonchev–Trinajstić information content (AvgIpc) is 3.44. The molecule has 0 aromatic heterocycles. The Kier molecular flexibility index (Phi) is 3.93. The first-order chi connectivity index (χ1) is 11.0. The molecule has 7 heteroatoms. The summed E-state index contributed by atoms with van der Waals surface area (Å²) in [5.74, 6) is 0.461. The Hall–Kier alpha value is -0.660. The van der Waals surface area contributed by atoms with Crippen molar-refractivity contribution in [2.45, 2.75) is 43.8 Å². The zero-order valence-corrected chi connectivity index (χ0v) is 14.3. The highest BCUT2D eigenvalue weighted by Gasteiger charge is 2.55. The van der Waals surface area contributed by atoms with E-state index < -0.39 is 10.0 Å². The summed E-state index contributed by atoms with van der Waals surface area (Å²) in [5, 5.41) is 2.87. The van der Waals surface area contributed by atoms with Crippen LogP contribution in [0.2, 0.25) is 0 Å². The van der Waals surface area contributed by atoms with Gasteiger partial charge in [0.2, 0.25) is 15.9 Å². The van der Waals surface area contributed by atoms with E-state index in [9.17, 15) is 13.2 Å². The highest BCUT2D eigenvalue weighted by atomic mass is 32.2. The van der Waals surface area contributed by atoms with Crippen LogP contribution in [0.3, 0.4) is 0 Å². The van der Waals surface area contributed by atoms with Gasteiger partial charge in [0.15, 0.2) is 0 Å². The maximum Gasteiger partial charge on any atom is 0.225 e. The molecule has 2 aliphatic heterocycles. The number of carbonyl (C=O) groups excluding carboxylic acids is 1. The third kappa shape index (κ3) is 3.03. The van der Waals surface area contributed by atoms with E-state index in [-0.39, 0.29) is 22.5 Å². The van der Waals surface area contributed by atoms with E-state index in [0.717, 1.165) is 32.2 Å². The second kappa shape index (κ2) is 5.70. The number of nitrogens with zero attached hydrogens (tertiary/aromatic N) is 1. The fourth-order valence-corrected chi connectivity index (χ4v) is 5.98. The average molecular weight is 342 g/mol. The van der Waals surface area contributed by atoms with Gasteiger partial charge in [0.1, 0.15) is 0 Å². The summed E-state index contributed by atoms with van der Waals surface area (Å²) < 4.78 is 32.3. The number of sulfonamides is 1. The van der Waals surface area contributed by atoms with Gasteiger partial charge in [-0.25, -0.2) is 12.7 Å².